The molecule has 0 spiro atoms. The number of primary amides is 1. The van der Waals surface area contributed by atoms with E-state index in [9.17, 15) is 14.4 Å². The van der Waals surface area contributed by atoms with Crippen LogP contribution in [0.15, 0.2) is 4.99 Å². The number of fused-ring (bicyclic) bond motifs is 1. The summed E-state index contributed by atoms with van der Waals surface area (Å²) < 4.78 is 0. The van der Waals surface area contributed by atoms with Crippen molar-refractivity contribution < 1.29 is 14.4 Å². The zero-order chi connectivity index (χ0) is 16.6. The minimum Gasteiger partial charge on any atom is -0.368 e. The summed E-state index contributed by atoms with van der Waals surface area (Å²) in [6, 6.07) is -1.18. The van der Waals surface area contributed by atoms with Gasteiger partial charge in [0.1, 0.15) is 6.54 Å². The summed E-state index contributed by atoms with van der Waals surface area (Å²) in [5, 5.41) is 2.30. The summed E-state index contributed by atoms with van der Waals surface area (Å²) in [5.41, 5.74) is 5.36. The predicted molar refractivity (Wildman–Crippen MR) is 82.3 cm³/mol. The Balaban J connectivity index is 1.92. The molecule has 9 nitrogen and oxygen atoms in total. The number of nitrogens with two attached hydrogens (primary N) is 1. The van der Waals surface area contributed by atoms with Crippen molar-refractivity contribution in [2.24, 2.45) is 10.7 Å². The highest BCUT2D eigenvalue weighted by molar-refractivity contribution is 6.04. The highest BCUT2D eigenvalue weighted by Crippen LogP contribution is 2.26. The first-order valence-electron chi connectivity index (χ1n) is 7.94. The van der Waals surface area contributed by atoms with E-state index < -0.39 is 30.1 Å². The molecule has 126 valence electrons. The molecule has 2 saturated heterocycles. The fourth-order valence-electron chi connectivity index (χ4n) is 3.38. The van der Waals surface area contributed by atoms with E-state index in [1.54, 1.807) is 11.9 Å². The third-order valence-corrected chi connectivity index (χ3v) is 4.55. The fourth-order valence-corrected chi connectivity index (χ4v) is 3.38. The number of hydrogen-bond donors (Lipinski definition) is 2. The number of amides is 4. The van der Waals surface area contributed by atoms with Crippen LogP contribution in [-0.4, -0.2) is 77.4 Å². The number of carbonyl (C=O) groups excluding carboxylic acids is 3. The first-order chi connectivity index (χ1) is 11.0. The predicted octanol–water partition coefficient (Wildman–Crippen LogP) is -1.10. The van der Waals surface area contributed by atoms with Crippen molar-refractivity contribution in [1.82, 2.24) is 20.0 Å². The first-order valence-corrected chi connectivity index (χ1v) is 7.94. The van der Waals surface area contributed by atoms with Crippen LogP contribution in [0, 0.1) is 0 Å². The number of imide groups is 1. The van der Waals surface area contributed by atoms with Gasteiger partial charge in [0.05, 0.1) is 0 Å². The molecule has 9 heteroatoms. The lowest BCUT2D eigenvalue weighted by Gasteiger charge is -2.37. The molecule has 4 amide bonds. The third-order valence-electron chi connectivity index (χ3n) is 4.55. The Morgan fingerprint density at radius 1 is 1.26 bits per heavy atom. The second-order valence-corrected chi connectivity index (χ2v) is 6.19. The molecule has 0 aliphatic carbocycles. The molecule has 2 unspecified atom stereocenters. The minimum atomic E-state index is -0.705. The van der Waals surface area contributed by atoms with Crippen molar-refractivity contribution in [2.45, 2.75) is 37.9 Å². The van der Waals surface area contributed by atoms with Gasteiger partial charge in [0, 0.05) is 20.1 Å². The number of guanidine groups is 1. The topological polar surface area (TPSA) is 111 Å². The molecule has 2 fully saturated rings. The lowest BCUT2D eigenvalue weighted by molar-refractivity contribution is -0.128. The second kappa shape index (κ2) is 6.05. The van der Waals surface area contributed by atoms with Crippen LogP contribution in [0.1, 0.15) is 25.7 Å². The molecular formula is C14H22N6O3. The molecule has 3 aliphatic rings. The molecule has 0 radical (unpaired) electrons. The van der Waals surface area contributed by atoms with E-state index in [1.165, 1.54) is 4.90 Å². The Morgan fingerprint density at radius 3 is 2.52 bits per heavy atom. The van der Waals surface area contributed by atoms with E-state index in [0.717, 1.165) is 38.8 Å². The summed E-state index contributed by atoms with van der Waals surface area (Å²) >= 11 is 0. The molecule has 2 atom stereocenters. The standard InChI is InChI=1S/C14H22N6O3/c1-18-11-10(12(22)17-14(18)23)20(8-9(15)21)13(16-11)19-6-4-2-3-5-7-19/h10-11H,2-8H2,1H3,(H2,15,21)(H,17,22,23). The molecule has 3 heterocycles. The van der Waals surface area contributed by atoms with Crippen molar-refractivity contribution in [3.63, 3.8) is 0 Å². The first kappa shape index (κ1) is 15.6. The Labute approximate surface area is 134 Å². The lowest BCUT2D eigenvalue weighted by atomic mass is 10.1. The quantitative estimate of drug-likeness (QED) is 0.670. The molecule has 0 bridgehead atoms. The monoisotopic (exact) mass is 322 g/mol. The van der Waals surface area contributed by atoms with Gasteiger partial charge in [-0.3, -0.25) is 14.9 Å². The van der Waals surface area contributed by atoms with Gasteiger partial charge in [-0.1, -0.05) is 12.8 Å². The van der Waals surface area contributed by atoms with Gasteiger partial charge in [-0.2, -0.15) is 0 Å². The van der Waals surface area contributed by atoms with Gasteiger partial charge >= 0.3 is 6.03 Å². The van der Waals surface area contributed by atoms with Crippen LogP contribution < -0.4 is 11.1 Å². The Bertz CT molecular complexity index is 555. The summed E-state index contributed by atoms with van der Waals surface area (Å²) in [4.78, 5) is 45.3. The van der Waals surface area contributed by atoms with E-state index in [-0.39, 0.29) is 6.54 Å². The van der Waals surface area contributed by atoms with Crippen LogP contribution in [-0.2, 0) is 9.59 Å². The number of nitrogens with one attached hydrogen (secondary N) is 1. The highest BCUT2D eigenvalue weighted by atomic mass is 16.2. The van der Waals surface area contributed by atoms with E-state index in [2.05, 4.69) is 15.2 Å². The van der Waals surface area contributed by atoms with Gasteiger partial charge in [0.15, 0.2) is 18.2 Å². The van der Waals surface area contributed by atoms with Gasteiger partial charge in [-0.25, -0.2) is 9.79 Å². The van der Waals surface area contributed by atoms with Gasteiger partial charge in [-0.05, 0) is 12.8 Å². The second-order valence-electron chi connectivity index (χ2n) is 6.19. The lowest BCUT2D eigenvalue weighted by Crippen LogP contribution is -2.65. The van der Waals surface area contributed by atoms with Crippen LogP contribution >= 0.6 is 0 Å². The number of hydrogen-bond acceptors (Lipinski definition) is 6. The number of nitrogens with zero attached hydrogens (tertiary/aromatic N) is 4. The maximum absolute atomic E-state index is 12.3. The van der Waals surface area contributed by atoms with E-state index in [1.807, 2.05) is 0 Å². The Hall–Kier alpha value is -2.32. The molecule has 0 aromatic rings. The van der Waals surface area contributed by atoms with Gasteiger partial charge in [-0.15, -0.1) is 0 Å². The largest absolute Gasteiger partial charge is 0.368 e. The van der Waals surface area contributed by atoms with Crippen molar-refractivity contribution >= 4 is 23.8 Å². The van der Waals surface area contributed by atoms with Crippen molar-refractivity contribution in [3.05, 3.63) is 0 Å². The number of rotatable bonds is 2. The highest BCUT2D eigenvalue weighted by Gasteiger charge is 2.49. The zero-order valence-corrected chi connectivity index (χ0v) is 13.2. The molecule has 0 aromatic carbocycles. The van der Waals surface area contributed by atoms with Gasteiger partial charge in [0.25, 0.3) is 5.91 Å². The zero-order valence-electron chi connectivity index (χ0n) is 13.2. The summed E-state index contributed by atoms with van der Waals surface area (Å²) in [6.45, 7) is 1.56. The minimum absolute atomic E-state index is 0.0913. The number of likely N-dealkylation sites (N-methyl/N-ethyl adjacent to an activating group) is 1. The van der Waals surface area contributed by atoms with Gasteiger partial charge < -0.3 is 20.4 Å². The summed E-state index contributed by atoms with van der Waals surface area (Å²) in [6.07, 6.45) is 3.78. The van der Waals surface area contributed by atoms with E-state index >= 15 is 0 Å². The average Bonchev–Trinajstić information content (AvgIpc) is 2.69. The Morgan fingerprint density at radius 2 is 1.91 bits per heavy atom. The van der Waals surface area contributed by atoms with E-state index in [4.69, 9.17) is 5.73 Å². The average molecular weight is 322 g/mol. The molecule has 0 aromatic heterocycles. The number of urea groups is 1. The van der Waals surface area contributed by atoms with Crippen molar-refractivity contribution in [1.29, 1.82) is 0 Å². The number of aliphatic imine (C=N–C) groups is 1. The molecule has 3 N–H and O–H groups in total. The molecule has 23 heavy (non-hydrogen) atoms. The van der Waals surface area contributed by atoms with Crippen LogP contribution in [0.4, 0.5) is 4.79 Å². The fraction of sp³-hybridized carbons (Fsp3) is 0.714. The van der Waals surface area contributed by atoms with Crippen LogP contribution in [0.25, 0.3) is 0 Å². The normalized spacial score (nSPS) is 28.2. The van der Waals surface area contributed by atoms with E-state index in [0.29, 0.717) is 5.96 Å². The Kier molecular flexibility index (Phi) is 4.10. The maximum Gasteiger partial charge on any atom is 0.325 e. The van der Waals surface area contributed by atoms with Crippen molar-refractivity contribution in [3.8, 4) is 0 Å². The molecule has 3 aliphatic heterocycles. The molecular weight excluding hydrogens is 300 g/mol. The van der Waals surface area contributed by atoms with Gasteiger partial charge in [0.2, 0.25) is 5.91 Å². The maximum atomic E-state index is 12.3. The summed E-state index contributed by atoms with van der Waals surface area (Å²) in [7, 11) is 1.59. The number of likely N-dealkylation sites (tertiary alicyclic amines) is 1. The molecule has 3 rings (SSSR count). The SMILES string of the molecule is CN1C(=O)NC(=O)C2C1N=C(N1CCCCCC1)N2CC(N)=O. The molecule has 0 saturated carbocycles. The van der Waals surface area contributed by atoms with Crippen molar-refractivity contribution in [2.75, 3.05) is 26.7 Å². The van der Waals surface area contributed by atoms with Crippen LogP contribution in [0.3, 0.4) is 0 Å². The summed E-state index contributed by atoms with van der Waals surface area (Å²) in [5.74, 6) is -0.370. The van der Waals surface area contributed by atoms with Crippen LogP contribution in [0.5, 0.6) is 0 Å². The third kappa shape index (κ3) is 2.82. The van der Waals surface area contributed by atoms with Crippen LogP contribution in [0.2, 0.25) is 0 Å². The smallest absolute Gasteiger partial charge is 0.325 e. The number of carbonyl (C=O) groups is 3.